The molecule has 1 aromatic heterocycles. The number of carbonyl (C=O) groups excluding carboxylic acids is 2. The van der Waals surface area contributed by atoms with Crippen molar-refractivity contribution in [1.29, 1.82) is 0 Å². The van der Waals surface area contributed by atoms with Crippen LogP contribution in [-0.2, 0) is 14.8 Å². The first-order valence-corrected chi connectivity index (χ1v) is 11.4. The largest absolute Gasteiger partial charge is 0.459 e. The number of hydrogen-bond donors (Lipinski definition) is 0. The van der Waals surface area contributed by atoms with Crippen molar-refractivity contribution in [3.8, 4) is 0 Å². The lowest BCUT2D eigenvalue weighted by Crippen LogP contribution is -2.52. The molecule has 0 atom stereocenters. The zero-order valence-electron chi connectivity index (χ0n) is 17.1. The van der Waals surface area contributed by atoms with Crippen molar-refractivity contribution in [2.75, 3.05) is 39.8 Å². The van der Waals surface area contributed by atoms with Crippen molar-refractivity contribution in [3.05, 3.63) is 66.6 Å². The quantitative estimate of drug-likeness (QED) is 0.604. The number of likely N-dealkylation sites (N-methyl/N-ethyl adjacent to an activating group) is 1. The number of benzene rings is 2. The molecule has 0 radical (unpaired) electrons. The van der Waals surface area contributed by atoms with Gasteiger partial charge in [0, 0.05) is 33.2 Å². The van der Waals surface area contributed by atoms with E-state index >= 15 is 0 Å². The Morgan fingerprint density at radius 1 is 0.935 bits per heavy atom. The fraction of sp³-hybridized carbons (Fsp3) is 0.273. The minimum Gasteiger partial charge on any atom is -0.459 e. The predicted octanol–water partition coefficient (Wildman–Crippen LogP) is 2.04. The first-order chi connectivity index (χ1) is 14.9. The van der Waals surface area contributed by atoms with Gasteiger partial charge in [-0.25, -0.2) is 8.42 Å². The number of fused-ring (bicyclic) bond motifs is 1. The maximum atomic E-state index is 13.0. The van der Waals surface area contributed by atoms with Gasteiger partial charge in [0.1, 0.15) is 0 Å². The van der Waals surface area contributed by atoms with Crippen LogP contribution in [0.15, 0.2) is 70.2 Å². The number of piperazine rings is 1. The SMILES string of the molecule is CN(CC(=O)N1CCN(C(=O)c2ccco2)CC1)S(=O)(=O)c1ccc2ccccc2c1. The molecule has 0 unspecified atom stereocenters. The third-order valence-corrected chi connectivity index (χ3v) is 7.24. The van der Waals surface area contributed by atoms with Crippen LogP contribution in [0.3, 0.4) is 0 Å². The van der Waals surface area contributed by atoms with Crippen LogP contribution in [0.5, 0.6) is 0 Å². The van der Waals surface area contributed by atoms with Crippen LogP contribution in [0.4, 0.5) is 0 Å². The lowest BCUT2D eigenvalue weighted by Gasteiger charge is -2.35. The Kier molecular flexibility index (Phi) is 5.79. The number of amides is 2. The Hall–Kier alpha value is -3.17. The van der Waals surface area contributed by atoms with Crippen molar-refractivity contribution in [2.24, 2.45) is 0 Å². The maximum absolute atomic E-state index is 13.0. The Balaban J connectivity index is 1.38. The van der Waals surface area contributed by atoms with E-state index < -0.39 is 10.0 Å². The Morgan fingerprint density at radius 2 is 1.61 bits per heavy atom. The topological polar surface area (TPSA) is 91.1 Å². The van der Waals surface area contributed by atoms with Crippen LogP contribution in [0.25, 0.3) is 10.8 Å². The highest BCUT2D eigenvalue weighted by atomic mass is 32.2. The van der Waals surface area contributed by atoms with E-state index in [4.69, 9.17) is 4.42 Å². The number of furan rings is 1. The molecule has 2 aromatic carbocycles. The molecule has 1 aliphatic heterocycles. The van der Waals surface area contributed by atoms with Crippen molar-refractivity contribution in [3.63, 3.8) is 0 Å². The van der Waals surface area contributed by atoms with Gasteiger partial charge >= 0.3 is 0 Å². The van der Waals surface area contributed by atoms with Crippen molar-refractivity contribution in [2.45, 2.75) is 4.90 Å². The van der Waals surface area contributed by atoms with Crippen LogP contribution < -0.4 is 0 Å². The number of nitrogens with zero attached hydrogens (tertiary/aromatic N) is 3. The average Bonchev–Trinajstić information content (AvgIpc) is 3.33. The monoisotopic (exact) mass is 441 g/mol. The number of rotatable bonds is 5. The van der Waals surface area contributed by atoms with Crippen molar-refractivity contribution < 1.29 is 22.4 Å². The Labute approximate surface area is 180 Å². The van der Waals surface area contributed by atoms with Gasteiger partial charge in [-0.15, -0.1) is 0 Å². The molecule has 0 saturated carbocycles. The number of carbonyl (C=O) groups is 2. The van der Waals surface area contributed by atoms with E-state index in [-0.39, 0.29) is 29.0 Å². The fourth-order valence-electron chi connectivity index (χ4n) is 3.60. The molecule has 2 heterocycles. The summed E-state index contributed by atoms with van der Waals surface area (Å²) in [6, 6.07) is 15.7. The molecule has 8 nitrogen and oxygen atoms in total. The van der Waals surface area contributed by atoms with E-state index in [2.05, 4.69) is 0 Å². The van der Waals surface area contributed by atoms with Gasteiger partial charge in [0.05, 0.1) is 17.7 Å². The summed E-state index contributed by atoms with van der Waals surface area (Å²) in [5.41, 5.74) is 0. The summed E-state index contributed by atoms with van der Waals surface area (Å²) < 4.78 is 32.1. The smallest absolute Gasteiger partial charge is 0.289 e. The van der Waals surface area contributed by atoms with E-state index in [0.29, 0.717) is 26.2 Å². The zero-order valence-corrected chi connectivity index (χ0v) is 17.9. The van der Waals surface area contributed by atoms with Crippen LogP contribution in [-0.4, -0.2) is 74.1 Å². The van der Waals surface area contributed by atoms with Crippen LogP contribution in [0, 0.1) is 0 Å². The lowest BCUT2D eigenvalue weighted by atomic mass is 10.1. The summed E-state index contributed by atoms with van der Waals surface area (Å²) in [5.74, 6) is -0.244. The van der Waals surface area contributed by atoms with Gasteiger partial charge in [0.25, 0.3) is 5.91 Å². The molecule has 4 rings (SSSR count). The van der Waals surface area contributed by atoms with Crippen LogP contribution in [0.2, 0.25) is 0 Å². The average molecular weight is 442 g/mol. The van der Waals surface area contributed by atoms with Crippen LogP contribution >= 0.6 is 0 Å². The Bertz CT molecular complexity index is 1200. The van der Waals surface area contributed by atoms with Gasteiger partial charge in [0.15, 0.2) is 5.76 Å². The van der Waals surface area contributed by atoms with E-state index in [1.54, 1.807) is 40.1 Å². The molecule has 9 heteroatoms. The molecule has 0 bridgehead atoms. The summed E-state index contributed by atoms with van der Waals surface area (Å²) >= 11 is 0. The molecule has 3 aromatic rings. The summed E-state index contributed by atoms with van der Waals surface area (Å²) in [5, 5.41) is 1.77. The molecular weight excluding hydrogens is 418 g/mol. The predicted molar refractivity (Wildman–Crippen MR) is 115 cm³/mol. The number of sulfonamides is 1. The van der Waals surface area contributed by atoms with Crippen molar-refractivity contribution in [1.82, 2.24) is 14.1 Å². The molecule has 0 spiro atoms. The van der Waals surface area contributed by atoms with E-state index in [1.807, 2.05) is 24.3 Å². The highest BCUT2D eigenvalue weighted by Crippen LogP contribution is 2.21. The lowest BCUT2D eigenvalue weighted by molar-refractivity contribution is -0.132. The molecule has 0 aliphatic carbocycles. The van der Waals surface area contributed by atoms with Crippen molar-refractivity contribution >= 4 is 32.6 Å². The van der Waals surface area contributed by atoms with Gasteiger partial charge in [-0.05, 0) is 35.0 Å². The minimum absolute atomic E-state index is 0.148. The van der Waals surface area contributed by atoms with Gasteiger partial charge in [-0.2, -0.15) is 4.31 Å². The molecule has 0 N–H and O–H groups in total. The third kappa shape index (κ3) is 4.33. The Morgan fingerprint density at radius 3 is 2.29 bits per heavy atom. The zero-order chi connectivity index (χ0) is 22.0. The summed E-state index contributed by atoms with van der Waals surface area (Å²) in [6.07, 6.45) is 1.44. The van der Waals surface area contributed by atoms with Gasteiger partial charge in [0.2, 0.25) is 15.9 Å². The third-order valence-electron chi connectivity index (χ3n) is 5.44. The van der Waals surface area contributed by atoms with Gasteiger partial charge in [-0.1, -0.05) is 30.3 Å². The second-order valence-corrected chi connectivity index (χ2v) is 9.47. The highest BCUT2D eigenvalue weighted by molar-refractivity contribution is 7.89. The van der Waals surface area contributed by atoms with Gasteiger partial charge in [-0.3, -0.25) is 9.59 Å². The number of hydrogen-bond acceptors (Lipinski definition) is 5. The molecule has 1 fully saturated rings. The molecule has 1 saturated heterocycles. The standard InChI is InChI=1S/C22H23N3O5S/c1-23(31(28,29)19-9-8-17-5-2-3-6-18(17)15-19)16-21(26)24-10-12-25(13-11-24)22(27)20-7-4-14-30-20/h2-9,14-15H,10-13,16H2,1H3. The van der Waals surface area contributed by atoms with E-state index in [9.17, 15) is 18.0 Å². The first-order valence-electron chi connectivity index (χ1n) is 9.92. The molecule has 1 aliphatic rings. The molecular formula is C22H23N3O5S. The minimum atomic E-state index is -3.81. The normalized spacial score (nSPS) is 14.9. The fourth-order valence-corrected chi connectivity index (χ4v) is 4.75. The molecule has 2 amide bonds. The highest BCUT2D eigenvalue weighted by Gasteiger charge is 2.29. The van der Waals surface area contributed by atoms with Gasteiger partial charge < -0.3 is 14.2 Å². The molecule has 31 heavy (non-hydrogen) atoms. The van der Waals surface area contributed by atoms with E-state index in [1.165, 1.54) is 13.3 Å². The second kappa shape index (κ2) is 8.52. The summed E-state index contributed by atoms with van der Waals surface area (Å²) in [7, 11) is -2.41. The summed E-state index contributed by atoms with van der Waals surface area (Å²) in [4.78, 5) is 28.4. The first kappa shape index (κ1) is 21.1. The maximum Gasteiger partial charge on any atom is 0.289 e. The molecule has 162 valence electrons. The van der Waals surface area contributed by atoms with E-state index in [0.717, 1.165) is 15.1 Å². The van der Waals surface area contributed by atoms with Crippen LogP contribution in [0.1, 0.15) is 10.6 Å². The second-order valence-electron chi connectivity index (χ2n) is 7.42. The summed E-state index contributed by atoms with van der Waals surface area (Å²) in [6.45, 7) is 1.16.